The molecule has 1 N–H and O–H groups in total. The lowest BCUT2D eigenvalue weighted by molar-refractivity contribution is 0.00578. The highest BCUT2D eigenvalue weighted by molar-refractivity contribution is 6.62. The molecule has 1 aliphatic heterocycles. The molecule has 8 heteroatoms. The van der Waals surface area contributed by atoms with E-state index < -0.39 is 5.60 Å². The normalized spacial score (nSPS) is 17.4. The van der Waals surface area contributed by atoms with Crippen molar-refractivity contribution < 1.29 is 18.8 Å². The molecule has 1 aromatic carbocycles. The monoisotopic (exact) mass is 441 g/mol. The van der Waals surface area contributed by atoms with Gasteiger partial charge in [0.05, 0.1) is 29.6 Å². The van der Waals surface area contributed by atoms with Crippen LogP contribution in [0.4, 0.5) is 4.79 Å². The highest BCUT2D eigenvalue weighted by Gasteiger charge is 2.51. The lowest BCUT2D eigenvalue weighted by Gasteiger charge is -2.32. The molecular formula is C24H36BN3O4. The number of hydrogen-bond donors (Lipinski definition) is 1. The minimum Gasteiger partial charge on any atom is -0.444 e. The van der Waals surface area contributed by atoms with E-state index >= 15 is 0 Å². The number of nitrogens with one attached hydrogen (secondary N) is 1. The average molecular weight is 441 g/mol. The van der Waals surface area contributed by atoms with Crippen molar-refractivity contribution in [1.29, 1.82) is 0 Å². The Morgan fingerprint density at radius 3 is 2.25 bits per heavy atom. The molecule has 174 valence electrons. The maximum atomic E-state index is 12.5. The molecule has 2 heterocycles. The number of rotatable bonds is 6. The van der Waals surface area contributed by atoms with E-state index in [0.29, 0.717) is 18.9 Å². The smallest absolute Gasteiger partial charge is 0.444 e. The van der Waals surface area contributed by atoms with Gasteiger partial charge in [-0.2, -0.15) is 0 Å². The first-order chi connectivity index (χ1) is 14.8. The maximum absolute atomic E-state index is 12.5. The quantitative estimate of drug-likeness (QED) is 0.667. The zero-order chi connectivity index (χ0) is 23.7. The third-order valence-electron chi connectivity index (χ3n) is 5.86. The summed E-state index contributed by atoms with van der Waals surface area (Å²) in [5.41, 5.74) is 1.60. The summed E-state index contributed by atoms with van der Waals surface area (Å²) in [6.07, 6.45) is 2.30. The number of aromatic amines is 1. The van der Waals surface area contributed by atoms with Gasteiger partial charge in [-0.25, -0.2) is 9.78 Å². The van der Waals surface area contributed by atoms with Crippen LogP contribution in [0.5, 0.6) is 0 Å². The Hall–Kier alpha value is -2.32. The van der Waals surface area contributed by atoms with Crippen molar-refractivity contribution in [3.8, 4) is 11.3 Å². The first-order valence-electron chi connectivity index (χ1n) is 11.3. The van der Waals surface area contributed by atoms with Crippen LogP contribution >= 0.6 is 0 Å². The van der Waals surface area contributed by atoms with Crippen LogP contribution in [0, 0.1) is 0 Å². The zero-order valence-electron chi connectivity index (χ0n) is 20.6. The second kappa shape index (κ2) is 8.91. The molecule has 0 atom stereocenters. The Labute approximate surface area is 192 Å². The van der Waals surface area contributed by atoms with Crippen LogP contribution in [0.2, 0.25) is 0 Å². The molecule has 2 aromatic rings. The summed E-state index contributed by atoms with van der Waals surface area (Å²) in [5.74, 6) is 0.717. The van der Waals surface area contributed by atoms with Gasteiger partial charge in [0.2, 0.25) is 0 Å². The second-order valence-corrected chi connectivity index (χ2v) is 10.4. The minimum absolute atomic E-state index is 0.330. The van der Waals surface area contributed by atoms with E-state index in [9.17, 15) is 4.79 Å². The number of benzene rings is 1. The predicted molar refractivity (Wildman–Crippen MR) is 127 cm³/mol. The van der Waals surface area contributed by atoms with Gasteiger partial charge in [-0.1, -0.05) is 31.2 Å². The second-order valence-electron chi connectivity index (χ2n) is 10.4. The summed E-state index contributed by atoms with van der Waals surface area (Å²) in [7, 11) is -0.386. The Kier molecular flexibility index (Phi) is 6.77. The van der Waals surface area contributed by atoms with E-state index in [-0.39, 0.29) is 24.4 Å². The average Bonchev–Trinajstić information content (AvgIpc) is 3.22. The maximum Gasteiger partial charge on any atom is 0.494 e. The van der Waals surface area contributed by atoms with E-state index in [1.807, 2.05) is 79.7 Å². The molecular weight excluding hydrogens is 405 g/mol. The van der Waals surface area contributed by atoms with Gasteiger partial charge in [0, 0.05) is 6.54 Å². The number of H-pyrrole nitrogens is 1. The molecule has 1 amide bonds. The largest absolute Gasteiger partial charge is 0.494 e. The zero-order valence-corrected chi connectivity index (χ0v) is 20.6. The van der Waals surface area contributed by atoms with Crippen LogP contribution in [0.25, 0.3) is 11.3 Å². The molecule has 1 aromatic heterocycles. The van der Waals surface area contributed by atoms with Crippen molar-refractivity contribution in [2.45, 2.75) is 85.2 Å². The lowest BCUT2D eigenvalue weighted by atomic mass is 9.79. The standard InChI is InChI=1S/C24H36BN3O4/c1-9-14-28(21(29)30-22(2,3)4)16-20-26-15-19(27-20)17-10-12-18(13-11-17)25-31-23(5,6)24(7,8)32-25/h10-13,15H,9,14,16H2,1-8H3,(H,26,27). The van der Waals surface area contributed by atoms with Crippen LogP contribution in [0.15, 0.2) is 30.5 Å². The van der Waals surface area contributed by atoms with Gasteiger partial charge in [0.25, 0.3) is 0 Å². The molecule has 0 spiro atoms. The van der Waals surface area contributed by atoms with E-state index in [2.05, 4.69) is 9.97 Å². The van der Waals surface area contributed by atoms with Crippen LogP contribution in [-0.4, -0.2) is 51.4 Å². The minimum atomic E-state index is -0.531. The molecule has 0 unspecified atom stereocenters. The molecule has 7 nitrogen and oxygen atoms in total. The van der Waals surface area contributed by atoms with Crippen LogP contribution in [-0.2, 0) is 20.6 Å². The summed E-state index contributed by atoms with van der Waals surface area (Å²) < 4.78 is 17.8. The fourth-order valence-corrected chi connectivity index (χ4v) is 3.40. The molecule has 0 aliphatic carbocycles. The lowest BCUT2D eigenvalue weighted by Crippen LogP contribution is -2.41. The first kappa shape index (κ1) is 24.3. The predicted octanol–water partition coefficient (Wildman–Crippen LogP) is 4.52. The summed E-state index contributed by atoms with van der Waals surface area (Å²) in [6, 6.07) is 8.08. The third-order valence-corrected chi connectivity index (χ3v) is 5.86. The number of aromatic nitrogens is 2. The molecule has 1 fully saturated rings. The van der Waals surface area contributed by atoms with Gasteiger partial charge in [0.1, 0.15) is 11.4 Å². The van der Waals surface area contributed by atoms with Crippen LogP contribution in [0.3, 0.4) is 0 Å². The highest BCUT2D eigenvalue weighted by Crippen LogP contribution is 2.36. The molecule has 32 heavy (non-hydrogen) atoms. The van der Waals surface area contributed by atoms with E-state index in [4.69, 9.17) is 14.0 Å². The summed E-state index contributed by atoms with van der Waals surface area (Å²) in [5, 5.41) is 0. The fraction of sp³-hybridized carbons (Fsp3) is 0.583. The van der Waals surface area contributed by atoms with Gasteiger partial charge < -0.3 is 23.9 Å². The topological polar surface area (TPSA) is 76.7 Å². The van der Waals surface area contributed by atoms with Crippen molar-refractivity contribution in [3.05, 3.63) is 36.3 Å². The molecule has 3 rings (SSSR count). The summed E-state index contributed by atoms with van der Waals surface area (Å²) in [4.78, 5) is 22.0. The van der Waals surface area contributed by atoms with Crippen molar-refractivity contribution in [2.75, 3.05) is 6.54 Å². The molecule has 0 saturated carbocycles. The number of hydrogen-bond acceptors (Lipinski definition) is 5. The number of carbonyl (C=O) groups excluding carboxylic acids is 1. The number of carbonyl (C=O) groups is 1. The van der Waals surface area contributed by atoms with Crippen LogP contribution < -0.4 is 5.46 Å². The van der Waals surface area contributed by atoms with Gasteiger partial charge in [-0.15, -0.1) is 0 Å². The van der Waals surface area contributed by atoms with Gasteiger partial charge >= 0.3 is 13.2 Å². The van der Waals surface area contributed by atoms with Crippen LogP contribution in [0.1, 0.15) is 67.6 Å². The molecule has 0 radical (unpaired) electrons. The number of amides is 1. The van der Waals surface area contributed by atoms with Crippen molar-refractivity contribution >= 4 is 18.7 Å². The SMILES string of the molecule is CCCN(Cc1ncc(-c2ccc(B3OC(C)(C)C(C)(C)O3)cc2)[nH]1)C(=O)OC(C)(C)C. The molecule has 1 aliphatic rings. The van der Waals surface area contributed by atoms with Crippen molar-refractivity contribution in [2.24, 2.45) is 0 Å². The van der Waals surface area contributed by atoms with Gasteiger partial charge in [0.15, 0.2) is 0 Å². The fourth-order valence-electron chi connectivity index (χ4n) is 3.40. The van der Waals surface area contributed by atoms with Gasteiger partial charge in [-0.3, -0.25) is 0 Å². The summed E-state index contributed by atoms with van der Waals surface area (Å²) >= 11 is 0. The summed E-state index contributed by atoms with van der Waals surface area (Å²) in [6.45, 7) is 16.8. The van der Waals surface area contributed by atoms with Gasteiger partial charge in [-0.05, 0) is 65.9 Å². The Balaban J connectivity index is 1.69. The number of ether oxygens (including phenoxy) is 1. The van der Waals surface area contributed by atoms with E-state index in [1.54, 1.807) is 11.1 Å². The van der Waals surface area contributed by atoms with E-state index in [1.165, 1.54) is 0 Å². The van der Waals surface area contributed by atoms with E-state index in [0.717, 1.165) is 23.1 Å². The first-order valence-corrected chi connectivity index (χ1v) is 11.3. The van der Waals surface area contributed by atoms with Crippen molar-refractivity contribution in [3.63, 3.8) is 0 Å². The Bertz CT molecular complexity index is 915. The Morgan fingerprint density at radius 1 is 1.12 bits per heavy atom. The number of nitrogens with zero attached hydrogens (tertiary/aromatic N) is 2. The third kappa shape index (κ3) is 5.53. The highest BCUT2D eigenvalue weighted by atomic mass is 16.7. The molecule has 1 saturated heterocycles. The number of imidazole rings is 1. The Morgan fingerprint density at radius 2 is 1.72 bits per heavy atom. The molecule has 0 bridgehead atoms. The van der Waals surface area contributed by atoms with Crippen molar-refractivity contribution in [1.82, 2.24) is 14.9 Å².